The molecule has 16 heavy (non-hydrogen) atoms. The first kappa shape index (κ1) is 16.3. The van der Waals surface area contributed by atoms with E-state index in [9.17, 15) is 0 Å². The third-order valence-corrected chi connectivity index (χ3v) is 4.31. The smallest absolute Gasteiger partial charge is 0.0225 e. The number of hydrogen-bond donors (Lipinski definition) is 1. The van der Waals surface area contributed by atoms with Crippen molar-refractivity contribution in [2.24, 2.45) is 0 Å². The van der Waals surface area contributed by atoms with Crippen LogP contribution in [0.25, 0.3) is 0 Å². The quantitative estimate of drug-likeness (QED) is 0.539. The Labute approximate surface area is 107 Å². The van der Waals surface area contributed by atoms with Crippen molar-refractivity contribution in [1.82, 2.24) is 5.32 Å². The number of thioether (sulfide) groups is 1. The van der Waals surface area contributed by atoms with Crippen LogP contribution in [0.4, 0.5) is 0 Å². The molecule has 0 aliphatic carbocycles. The van der Waals surface area contributed by atoms with E-state index in [0.29, 0.717) is 4.75 Å². The van der Waals surface area contributed by atoms with E-state index in [4.69, 9.17) is 0 Å². The Bertz CT molecular complexity index is 146. The van der Waals surface area contributed by atoms with Crippen LogP contribution in [0.15, 0.2) is 0 Å². The first-order valence-electron chi connectivity index (χ1n) is 6.88. The minimum absolute atomic E-state index is 0.390. The van der Waals surface area contributed by atoms with Gasteiger partial charge in [-0.1, -0.05) is 45.4 Å². The number of unbranched alkanes of at least 4 members (excludes halogenated alkanes) is 6. The van der Waals surface area contributed by atoms with Gasteiger partial charge in [-0.05, 0) is 33.1 Å². The zero-order chi connectivity index (χ0) is 12.3. The van der Waals surface area contributed by atoms with Gasteiger partial charge in [-0.15, -0.1) is 0 Å². The maximum Gasteiger partial charge on any atom is 0.0225 e. The molecule has 0 saturated carbocycles. The van der Waals surface area contributed by atoms with Crippen molar-refractivity contribution in [3.8, 4) is 0 Å². The first-order valence-corrected chi connectivity index (χ1v) is 8.10. The highest BCUT2D eigenvalue weighted by molar-refractivity contribution is 7.99. The number of nitrogens with one attached hydrogen (secondary N) is 1. The van der Waals surface area contributed by atoms with Crippen LogP contribution in [0.3, 0.4) is 0 Å². The number of hydrogen-bond acceptors (Lipinski definition) is 2. The standard InChI is InChI=1S/C14H31NS/c1-5-6-7-8-9-10-11-12-15-13-14(2,3)16-4/h15H,5-13H2,1-4H3. The zero-order valence-corrected chi connectivity index (χ0v) is 12.6. The molecule has 0 rings (SSSR count). The number of rotatable bonds is 11. The fraction of sp³-hybridized carbons (Fsp3) is 1.00. The summed E-state index contributed by atoms with van der Waals surface area (Å²) in [5.41, 5.74) is 0. The van der Waals surface area contributed by atoms with Gasteiger partial charge in [0.1, 0.15) is 0 Å². The molecule has 0 heterocycles. The second-order valence-corrected chi connectivity index (χ2v) is 6.78. The summed E-state index contributed by atoms with van der Waals surface area (Å²) in [5.74, 6) is 0. The van der Waals surface area contributed by atoms with Crippen LogP contribution in [-0.4, -0.2) is 24.1 Å². The fourth-order valence-electron chi connectivity index (χ4n) is 1.67. The summed E-state index contributed by atoms with van der Waals surface area (Å²) in [6, 6.07) is 0. The third kappa shape index (κ3) is 10.8. The second kappa shape index (κ2) is 10.5. The van der Waals surface area contributed by atoms with Crippen molar-refractivity contribution < 1.29 is 0 Å². The summed E-state index contributed by atoms with van der Waals surface area (Å²) in [6.07, 6.45) is 12.0. The lowest BCUT2D eigenvalue weighted by molar-refractivity contribution is 0.539. The minimum Gasteiger partial charge on any atom is -0.315 e. The highest BCUT2D eigenvalue weighted by Crippen LogP contribution is 2.19. The van der Waals surface area contributed by atoms with Crippen LogP contribution in [-0.2, 0) is 0 Å². The van der Waals surface area contributed by atoms with Crippen molar-refractivity contribution in [1.29, 1.82) is 0 Å². The van der Waals surface area contributed by atoms with Crippen LogP contribution >= 0.6 is 11.8 Å². The van der Waals surface area contributed by atoms with E-state index in [1.807, 2.05) is 11.8 Å². The van der Waals surface area contributed by atoms with E-state index in [1.165, 1.54) is 51.5 Å². The molecule has 98 valence electrons. The molecule has 0 aromatic heterocycles. The third-order valence-electron chi connectivity index (χ3n) is 3.06. The van der Waals surface area contributed by atoms with Gasteiger partial charge in [0.2, 0.25) is 0 Å². The Kier molecular flexibility index (Phi) is 10.7. The van der Waals surface area contributed by atoms with Gasteiger partial charge in [-0.2, -0.15) is 11.8 Å². The van der Waals surface area contributed by atoms with Crippen LogP contribution in [0, 0.1) is 0 Å². The van der Waals surface area contributed by atoms with Gasteiger partial charge in [0.25, 0.3) is 0 Å². The maximum atomic E-state index is 3.56. The topological polar surface area (TPSA) is 12.0 Å². The van der Waals surface area contributed by atoms with E-state index in [0.717, 1.165) is 6.54 Å². The molecule has 0 aromatic rings. The molecule has 0 aromatic carbocycles. The molecule has 0 spiro atoms. The summed E-state index contributed by atoms with van der Waals surface area (Å²) in [5, 5.41) is 3.56. The summed E-state index contributed by atoms with van der Waals surface area (Å²) in [4.78, 5) is 0. The predicted molar refractivity (Wildman–Crippen MR) is 78.5 cm³/mol. The zero-order valence-electron chi connectivity index (χ0n) is 11.8. The van der Waals surface area contributed by atoms with Gasteiger partial charge >= 0.3 is 0 Å². The highest BCUT2D eigenvalue weighted by Gasteiger charge is 2.14. The predicted octanol–water partition coefficient (Wildman–Crippen LogP) is 4.47. The van der Waals surface area contributed by atoms with E-state index < -0.39 is 0 Å². The summed E-state index contributed by atoms with van der Waals surface area (Å²) in [7, 11) is 0. The molecule has 0 aliphatic heterocycles. The molecular formula is C14H31NS. The van der Waals surface area contributed by atoms with Crippen LogP contribution in [0.2, 0.25) is 0 Å². The maximum absolute atomic E-state index is 3.56. The Morgan fingerprint density at radius 3 is 2.06 bits per heavy atom. The lowest BCUT2D eigenvalue weighted by Gasteiger charge is -2.22. The van der Waals surface area contributed by atoms with E-state index in [1.54, 1.807) is 0 Å². The molecule has 0 amide bonds. The van der Waals surface area contributed by atoms with Crippen LogP contribution in [0.5, 0.6) is 0 Å². The van der Waals surface area contributed by atoms with Crippen LogP contribution in [0.1, 0.15) is 65.7 Å². The van der Waals surface area contributed by atoms with E-state index in [-0.39, 0.29) is 0 Å². The Hall–Kier alpha value is 0.310. The first-order chi connectivity index (χ1) is 7.62. The molecule has 1 N–H and O–H groups in total. The van der Waals surface area contributed by atoms with Crippen molar-refractivity contribution in [3.63, 3.8) is 0 Å². The monoisotopic (exact) mass is 245 g/mol. The van der Waals surface area contributed by atoms with Gasteiger partial charge in [0.05, 0.1) is 0 Å². The van der Waals surface area contributed by atoms with Gasteiger partial charge in [0, 0.05) is 11.3 Å². The Morgan fingerprint density at radius 1 is 0.938 bits per heavy atom. The average molecular weight is 245 g/mol. The summed E-state index contributed by atoms with van der Waals surface area (Å²) < 4.78 is 0.390. The van der Waals surface area contributed by atoms with Gasteiger partial charge < -0.3 is 5.32 Å². The molecule has 0 fully saturated rings. The Morgan fingerprint density at radius 2 is 1.50 bits per heavy atom. The molecule has 1 nitrogen and oxygen atoms in total. The lowest BCUT2D eigenvalue weighted by atomic mass is 10.1. The molecule has 0 saturated heterocycles. The van der Waals surface area contributed by atoms with Crippen molar-refractivity contribution in [2.45, 2.75) is 70.5 Å². The van der Waals surface area contributed by atoms with E-state index >= 15 is 0 Å². The van der Waals surface area contributed by atoms with Crippen molar-refractivity contribution in [2.75, 3.05) is 19.3 Å². The SMILES string of the molecule is CCCCCCCCCNCC(C)(C)SC. The second-order valence-electron chi connectivity index (χ2n) is 5.26. The van der Waals surface area contributed by atoms with Crippen LogP contribution < -0.4 is 5.32 Å². The summed E-state index contributed by atoms with van der Waals surface area (Å²) in [6.45, 7) is 9.20. The molecule has 0 unspecified atom stereocenters. The lowest BCUT2D eigenvalue weighted by Crippen LogP contribution is -2.32. The molecular weight excluding hydrogens is 214 g/mol. The minimum atomic E-state index is 0.390. The molecule has 0 aliphatic rings. The molecule has 0 bridgehead atoms. The average Bonchev–Trinajstić information content (AvgIpc) is 2.27. The van der Waals surface area contributed by atoms with Gasteiger partial charge in [-0.25, -0.2) is 0 Å². The van der Waals surface area contributed by atoms with Crippen molar-refractivity contribution in [3.05, 3.63) is 0 Å². The van der Waals surface area contributed by atoms with E-state index in [2.05, 4.69) is 32.3 Å². The molecule has 0 atom stereocenters. The highest BCUT2D eigenvalue weighted by atomic mass is 32.2. The normalized spacial score (nSPS) is 12.0. The van der Waals surface area contributed by atoms with Gasteiger partial charge in [0.15, 0.2) is 0 Å². The molecule has 0 radical (unpaired) electrons. The fourth-order valence-corrected chi connectivity index (χ4v) is 1.92. The largest absolute Gasteiger partial charge is 0.315 e. The van der Waals surface area contributed by atoms with Crippen molar-refractivity contribution >= 4 is 11.8 Å². The summed E-state index contributed by atoms with van der Waals surface area (Å²) >= 11 is 1.94. The Balaban J connectivity index is 3.10. The van der Waals surface area contributed by atoms with Gasteiger partial charge in [-0.3, -0.25) is 0 Å². The molecule has 2 heteroatoms.